The largest absolute Gasteiger partial charge is 0.497 e. The fourth-order valence-corrected chi connectivity index (χ4v) is 3.35. The summed E-state index contributed by atoms with van der Waals surface area (Å²) in [5.74, 6) is 0.721. The normalized spacial score (nSPS) is 11.0. The Morgan fingerprint density at radius 2 is 1.73 bits per heavy atom. The van der Waals surface area contributed by atoms with Gasteiger partial charge in [-0.05, 0) is 48.7 Å². The number of methoxy groups -OCH3 is 2. The molecule has 7 heteroatoms. The Balaban J connectivity index is 1.93. The molecule has 0 radical (unpaired) electrons. The summed E-state index contributed by atoms with van der Waals surface area (Å²) in [5, 5.41) is 2.81. The molecule has 6 nitrogen and oxygen atoms in total. The lowest BCUT2D eigenvalue weighted by molar-refractivity contribution is 0.0953. The first kappa shape index (κ1) is 19.8. The molecule has 0 aliphatic carbocycles. The average Bonchev–Trinajstić information content (AvgIpc) is 2.64. The molecule has 0 saturated heterocycles. The minimum Gasteiger partial charge on any atom is -0.497 e. The maximum atomic E-state index is 12.3. The Morgan fingerprint density at radius 1 is 1.04 bits per heavy atom. The van der Waals surface area contributed by atoms with Crippen LogP contribution in [0.4, 0.5) is 0 Å². The van der Waals surface area contributed by atoms with E-state index in [0.717, 1.165) is 30.4 Å². The minimum absolute atomic E-state index is 0.00545. The Morgan fingerprint density at radius 3 is 2.31 bits per heavy atom. The van der Waals surface area contributed by atoms with Crippen molar-refractivity contribution in [2.24, 2.45) is 0 Å². The number of carbonyl (C=O) groups is 1. The van der Waals surface area contributed by atoms with E-state index in [9.17, 15) is 13.2 Å². The van der Waals surface area contributed by atoms with Crippen molar-refractivity contribution >= 4 is 15.7 Å². The molecule has 0 aliphatic rings. The van der Waals surface area contributed by atoms with Crippen LogP contribution in [0.15, 0.2) is 47.4 Å². The summed E-state index contributed by atoms with van der Waals surface area (Å²) in [6, 6.07) is 12.2. The molecule has 0 atom stereocenters. The predicted molar refractivity (Wildman–Crippen MR) is 99.8 cm³/mol. The summed E-state index contributed by atoms with van der Waals surface area (Å²) in [5.41, 5.74) is 1.44. The maximum absolute atomic E-state index is 12.3. The van der Waals surface area contributed by atoms with Crippen molar-refractivity contribution in [3.05, 3.63) is 53.6 Å². The van der Waals surface area contributed by atoms with Gasteiger partial charge >= 0.3 is 0 Å². The maximum Gasteiger partial charge on any atom is 0.251 e. The van der Waals surface area contributed by atoms with Crippen molar-refractivity contribution in [1.29, 1.82) is 0 Å². The van der Waals surface area contributed by atoms with E-state index in [2.05, 4.69) is 5.32 Å². The standard InChI is InChI=1S/C19H23NO5S/c1-24-16-9-6-14(7-10-16)5-4-12-20-19(21)15-8-11-17(25-2)18(13-15)26(3,22)23/h6-11,13H,4-5,12H2,1-3H3,(H,20,21). The van der Waals surface area contributed by atoms with Gasteiger partial charge in [-0.1, -0.05) is 12.1 Å². The second-order valence-corrected chi connectivity index (χ2v) is 7.83. The van der Waals surface area contributed by atoms with Gasteiger partial charge < -0.3 is 14.8 Å². The van der Waals surface area contributed by atoms with Crippen LogP contribution in [0, 0.1) is 0 Å². The van der Waals surface area contributed by atoms with Crippen LogP contribution >= 0.6 is 0 Å². The number of aryl methyl sites for hydroxylation is 1. The predicted octanol–water partition coefficient (Wildman–Crippen LogP) is 2.47. The third-order valence-corrected chi connectivity index (χ3v) is 5.03. The van der Waals surface area contributed by atoms with Crippen LogP contribution in [-0.2, 0) is 16.3 Å². The van der Waals surface area contributed by atoms with Crippen LogP contribution < -0.4 is 14.8 Å². The number of amides is 1. The van der Waals surface area contributed by atoms with Crippen molar-refractivity contribution in [3.8, 4) is 11.5 Å². The van der Waals surface area contributed by atoms with E-state index >= 15 is 0 Å². The first-order valence-electron chi connectivity index (χ1n) is 8.14. The smallest absolute Gasteiger partial charge is 0.251 e. The molecule has 2 aromatic carbocycles. The zero-order chi connectivity index (χ0) is 19.2. The van der Waals surface area contributed by atoms with Gasteiger partial charge in [-0.2, -0.15) is 0 Å². The van der Waals surface area contributed by atoms with Gasteiger partial charge in [0, 0.05) is 18.4 Å². The van der Waals surface area contributed by atoms with Gasteiger partial charge in [0.25, 0.3) is 5.91 Å². The Hall–Kier alpha value is -2.54. The number of nitrogens with one attached hydrogen (secondary N) is 1. The lowest BCUT2D eigenvalue weighted by atomic mass is 10.1. The topological polar surface area (TPSA) is 81.7 Å². The molecule has 140 valence electrons. The van der Waals surface area contributed by atoms with Crippen molar-refractivity contribution in [1.82, 2.24) is 5.32 Å². The van der Waals surface area contributed by atoms with Gasteiger partial charge in [0.15, 0.2) is 9.84 Å². The summed E-state index contributed by atoms with van der Waals surface area (Å²) in [6.07, 6.45) is 2.68. The molecule has 0 saturated carbocycles. The van der Waals surface area contributed by atoms with Gasteiger partial charge in [-0.15, -0.1) is 0 Å². The summed E-state index contributed by atoms with van der Waals surface area (Å²) in [6.45, 7) is 0.491. The molecule has 0 heterocycles. The second-order valence-electron chi connectivity index (χ2n) is 5.85. The van der Waals surface area contributed by atoms with E-state index in [1.807, 2.05) is 24.3 Å². The van der Waals surface area contributed by atoms with Crippen LogP contribution in [0.5, 0.6) is 11.5 Å². The number of rotatable bonds is 8. The van der Waals surface area contributed by atoms with Crippen molar-refractivity contribution in [2.75, 3.05) is 27.0 Å². The van der Waals surface area contributed by atoms with Gasteiger partial charge in [-0.3, -0.25) is 4.79 Å². The molecule has 2 rings (SSSR count). The highest BCUT2D eigenvalue weighted by atomic mass is 32.2. The van der Waals surface area contributed by atoms with Crippen LogP contribution in [0.3, 0.4) is 0 Å². The van der Waals surface area contributed by atoms with Crippen molar-refractivity contribution in [2.45, 2.75) is 17.7 Å². The molecule has 0 fully saturated rings. The second kappa shape index (κ2) is 8.71. The molecule has 0 aliphatic heterocycles. The highest BCUT2D eigenvalue weighted by molar-refractivity contribution is 7.90. The Labute approximate surface area is 154 Å². The van der Waals surface area contributed by atoms with Crippen LogP contribution in [-0.4, -0.2) is 41.3 Å². The number of benzene rings is 2. The number of carbonyl (C=O) groups excluding carboxylic acids is 1. The minimum atomic E-state index is -3.48. The molecule has 1 amide bonds. The first-order valence-corrected chi connectivity index (χ1v) is 10.0. The van der Waals surface area contributed by atoms with E-state index in [1.165, 1.54) is 19.2 Å². The first-order chi connectivity index (χ1) is 12.3. The fraction of sp³-hybridized carbons (Fsp3) is 0.316. The van der Waals surface area contributed by atoms with Crippen LogP contribution in [0.25, 0.3) is 0 Å². The molecular formula is C19H23NO5S. The summed E-state index contributed by atoms with van der Waals surface area (Å²) < 4.78 is 33.8. The molecule has 0 unspecified atom stereocenters. The highest BCUT2D eigenvalue weighted by Crippen LogP contribution is 2.24. The summed E-state index contributed by atoms with van der Waals surface area (Å²) in [4.78, 5) is 12.3. The monoisotopic (exact) mass is 377 g/mol. The van der Waals surface area contributed by atoms with Crippen molar-refractivity contribution < 1.29 is 22.7 Å². The molecule has 0 bridgehead atoms. The third-order valence-electron chi connectivity index (χ3n) is 3.91. The van der Waals surface area contributed by atoms with Crippen LogP contribution in [0.1, 0.15) is 22.3 Å². The summed E-state index contributed by atoms with van der Waals surface area (Å²) in [7, 11) is -0.468. The van der Waals surface area contributed by atoms with E-state index in [0.29, 0.717) is 6.54 Å². The van der Waals surface area contributed by atoms with E-state index in [1.54, 1.807) is 13.2 Å². The number of hydrogen-bond acceptors (Lipinski definition) is 5. The van der Waals surface area contributed by atoms with Gasteiger partial charge in [-0.25, -0.2) is 8.42 Å². The quantitative estimate of drug-likeness (QED) is 0.715. The SMILES string of the molecule is COc1ccc(CCCNC(=O)c2ccc(OC)c(S(C)(=O)=O)c2)cc1. The van der Waals surface area contributed by atoms with Gasteiger partial charge in [0.05, 0.1) is 14.2 Å². The van der Waals surface area contributed by atoms with E-state index in [-0.39, 0.29) is 22.1 Å². The number of hydrogen-bond donors (Lipinski definition) is 1. The Kier molecular flexibility index (Phi) is 6.63. The molecule has 26 heavy (non-hydrogen) atoms. The third kappa shape index (κ3) is 5.23. The average molecular weight is 377 g/mol. The fourth-order valence-electron chi connectivity index (χ4n) is 2.50. The van der Waals surface area contributed by atoms with Gasteiger partial charge in [0.2, 0.25) is 0 Å². The molecular weight excluding hydrogens is 354 g/mol. The molecule has 2 aromatic rings. The van der Waals surface area contributed by atoms with Gasteiger partial charge in [0.1, 0.15) is 16.4 Å². The molecule has 0 aromatic heterocycles. The lowest BCUT2D eigenvalue weighted by Crippen LogP contribution is -2.25. The van der Waals surface area contributed by atoms with E-state index < -0.39 is 9.84 Å². The number of sulfone groups is 1. The zero-order valence-electron chi connectivity index (χ0n) is 15.1. The van der Waals surface area contributed by atoms with Crippen LogP contribution in [0.2, 0.25) is 0 Å². The zero-order valence-corrected chi connectivity index (χ0v) is 15.9. The number of ether oxygens (including phenoxy) is 2. The lowest BCUT2D eigenvalue weighted by Gasteiger charge is -2.10. The molecule has 1 N–H and O–H groups in total. The molecule has 0 spiro atoms. The van der Waals surface area contributed by atoms with E-state index in [4.69, 9.17) is 9.47 Å². The summed E-state index contributed by atoms with van der Waals surface area (Å²) >= 11 is 0. The Bertz CT molecular complexity index is 860. The highest BCUT2D eigenvalue weighted by Gasteiger charge is 2.17. The van der Waals surface area contributed by atoms with Crippen molar-refractivity contribution in [3.63, 3.8) is 0 Å².